The second-order valence-electron chi connectivity index (χ2n) is 20.1. The van der Waals surface area contributed by atoms with Crippen molar-refractivity contribution in [1.29, 1.82) is 0 Å². The van der Waals surface area contributed by atoms with Gasteiger partial charge in [-0.3, -0.25) is 4.79 Å². The summed E-state index contributed by atoms with van der Waals surface area (Å²) in [5, 5.41) is 40.3. The van der Waals surface area contributed by atoms with Crippen LogP contribution in [0.2, 0.25) is 0 Å². The van der Waals surface area contributed by atoms with Gasteiger partial charge in [0.05, 0.1) is 19.8 Å². The van der Waals surface area contributed by atoms with Gasteiger partial charge in [0.25, 0.3) is 0 Å². The Hall–Kier alpha value is -1.33. The van der Waals surface area contributed by atoms with Crippen LogP contribution in [0.15, 0.2) is 24.3 Å². The van der Waals surface area contributed by atoms with E-state index in [0.717, 1.165) is 38.5 Å². The normalized spacial score (nSPS) is 19.3. The van der Waals surface area contributed by atoms with Crippen LogP contribution in [0.3, 0.4) is 0 Å². The highest BCUT2D eigenvalue weighted by Crippen LogP contribution is 2.23. The molecule has 1 heterocycles. The largest absolute Gasteiger partial charge is 0.457 e. The van der Waals surface area contributed by atoms with Crippen LogP contribution in [0.4, 0.5) is 0 Å². The topological polar surface area (TPSA) is 135 Å². The van der Waals surface area contributed by atoms with Gasteiger partial charge in [0.1, 0.15) is 30.5 Å². The fourth-order valence-corrected chi connectivity index (χ4v) is 9.11. The minimum Gasteiger partial charge on any atom is -0.457 e. The standard InChI is InChI=1S/C58H110O9/c1-3-5-7-9-11-13-15-17-19-21-23-25-26-27-29-31-33-35-37-39-41-43-45-47-54(60)66-52(51-65-58-57(63)56(62)55(61)53(49-59)67-58)50-64-48-46-44-42-40-38-36-34-32-30-28-24-22-20-18-16-14-12-10-8-6-4-2/h15,17,21,23,52-53,55-59,61-63H,3-14,16,18-20,22,24-51H2,1-2H3/b17-15-,23-21-. The third-order valence-electron chi connectivity index (χ3n) is 13.6. The maximum absolute atomic E-state index is 12.9. The first kappa shape index (κ1) is 63.7. The Morgan fingerprint density at radius 1 is 0.478 bits per heavy atom. The van der Waals surface area contributed by atoms with Crippen LogP contribution >= 0.6 is 0 Å². The van der Waals surface area contributed by atoms with E-state index in [1.54, 1.807) is 0 Å². The van der Waals surface area contributed by atoms with E-state index >= 15 is 0 Å². The Labute approximate surface area is 413 Å². The molecule has 9 heteroatoms. The summed E-state index contributed by atoms with van der Waals surface area (Å²) in [7, 11) is 0. The molecule has 0 aliphatic carbocycles. The lowest BCUT2D eigenvalue weighted by Gasteiger charge is -2.39. The molecule has 0 bridgehead atoms. The minimum absolute atomic E-state index is 0.109. The molecule has 1 rings (SSSR count). The third-order valence-corrected chi connectivity index (χ3v) is 13.6. The molecule has 1 aliphatic heterocycles. The second kappa shape index (κ2) is 49.6. The maximum atomic E-state index is 12.9. The lowest BCUT2D eigenvalue weighted by Crippen LogP contribution is -2.59. The van der Waals surface area contributed by atoms with E-state index in [-0.39, 0.29) is 19.2 Å². The van der Waals surface area contributed by atoms with Crippen molar-refractivity contribution in [3.05, 3.63) is 24.3 Å². The number of hydrogen-bond donors (Lipinski definition) is 4. The van der Waals surface area contributed by atoms with E-state index < -0.39 is 43.4 Å². The zero-order chi connectivity index (χ0) is 48.5. The first-order chi connectivity index (χ1) is 32.9. The zero-order valence-corrected chi connectivity index (χ0v) is 43.9. The molecule has 1 fully saturated rings. The predicted molar refractivity (Wildman–Crippen MR) is 279 cm³/mol. The molecular weight excluding hydrogens is 841 g/mol. The van der Waals surface area contributed by atoms with Crippen molar-refractivity contribution in [3.8, 4) is 0 Å². The van der Waals surface area contributed by atoms with Gasteiger partial charge in [-0.15, -0.1) is 0 Å². The Morgan fingerprint density at radius 3 is 1.28 bits per heavy atom. The fraction of sp³-hybridized carbons (Fsp3) is 0.914. The number of ether oxygens (including phenoxy) is 4. The van der Waals surface area contributed by atoms with Gasteiger partial charge in [-0.1, -0.05) is 250 Å². The van der Waals surface area contributed by atoms with E-state index in [1.807, 2.05) is 0 Å². The molecule has 67 heavy (non-hydrogen) atoms. The highest BCUT2D eigenvalue weighted by atomic mass is 16.7. The van der Waals surface area contributed by atoms with Crippen molar-refractivity contribution >= 4 is 5.97 Å². The first-order valence-electron chi connectivity index (χ1n) is 28.9. The summed E-state index contributed by atoms with van der Waals surface area (Å²) in [4.78, 5) is 12.9. The molecule has 0 aromatic carbocycles. The van der Waals surface area contributed by atoms with Crippen molar-refractivity contribution in [1.82, 2.24) is 0 Å². The van der Waals surface area contributed by atoms with Gasteiger partial charge in [-0.05, 0) is 44.9 Å². The molecule has 0 saturated carbocycles. The van der Waals surface area contributed by atoms with Crippen molar-refractivity contribution in [3.63, 3.8) is 0 Å². The van der Waals surface area contributed by atoms with E-state index in [2.05, 4.69) is 38.2 Å². The molecule has 1 aliphatic rings. The highest BCUT2D eigenvalue weighted by molar-refractivity contribution is 5.69. The van der Waals surface area contributed by atoms with Crippen molar-refractivity contribution in [2.75, 3.05) is 26.4 Å². The molecule has 0 amide bonds. The lowest BCUT2D eigenvalue weighted by molar-refractivity contribution is -0.305. The Morgan fingerprint density at radius 2 is 0.866 bits per heavy atom. The van der Waals surface area contributed by atoms with Crippen LogP contribution in [0.1, 0.15) is 277 Å². The van der Waals surface area contributed by atoms with Crippen LogP contribution in [0, 0.1) is 0 Å². The van der Waals surface area contributed by atoms with Gasteiger partial charge >= 0.3 is 5.97 Å². The molecule has 396 valence electrons. The van der Waals surface area contributed by atoms with Crippen LogP contribution in [-0.2, 0) is 23.7 Å². The van der Waals surface area contributed by atoms with Crippen molar-refractivity contribution in [2.45, 2.75) is 314 Å². The quantitative estimate of drug-likeness (QED) is 0.0267. The fourth-order valence-electron chi connectivity index (χ4n) is 9.11. The van der Waals surface area contributed by atoms with Crippen LogP contribution in [0.5, 0.6) is 0 Å². The number of carbonyl (C=O) groups is 1. The Kier molecular flexibility index (Phi) is 47.2. The van der Waals surface area contributed by atoms with Crippen molar-refractivity contribution < 1.29 is 44.2 Å². The Bertz CT molecular complexity index is 1080. The average molecular weight is 952 g/mol. The minimum atomic E-state index is -1.53. The molecule has 0 aromatic rings. The van der Waals surface area contributed by atoms with Gasteiger partial charge in [-0.2, -0.15) is 0 Å². The van der Waals surface area contributed by atoms with Gasteiger partial charge in [0.15, 0.2) is 6.29 Å². The SMILES string of the molecule is CCCCCCC/C=C\C/C=C\CCCCCCCCCCCCCC(=O)OC(COCCCCCCCCCCCCCCCCCCCCCCC)COC1OC(CO)C(O)C(O)C1O. The van der Waals surface area contributed by atoms with Crippen LogP contribution < -0.4 is 0 Å². The molecule has 0 spiro atoms. The molecular formula is C58H110O9. The van der Waals surface area contributed by atoms with Gasteiger partial charge < -0.3 is 39.4 Å². The lowest BCUT2D eigenvalue weighted by atomic mass is 9.99. The summed E-state index contributed by atoms with van der Waals surface area (Å²) in [6.07, 6.45) is 53.7. The van der Waals surface area contributed by atoms with E-state index in [4.69, 9.17) is 18.9 Å². The number of esters is 1. The molecule has 6 unspecified atom stereocenters. The van der Waals surface area contributed by atoms with Gasteiger partial charge in [0.2, 0.25) is 0 Å². The van der Waals surface area contributed by atoms with Crippen LogP contribution in [-0.4, -0.2) is 89.6 Å². The molecule has 6 atom stereocenters. The molecule has 4 N–H and O–H groups in total. The molecule has 9 nitrogen and oxygen atoms in total. The third kappa shape index (κ3) is 40.0. The number of unbranched alkanes of at least 4 members (excludes halogenated alkanes) is 36. The number of aliphatic hydroxyl groups is 4. The second-order valence-corrected chi connectivity index (χ2v) is 20.1. The summed E-state index contributed by atoms with van der Waals surface area (Å²) < 4.78 is 23.0. The van der Waals surface area contributed by atoms with Crippen molar-refractivity contribution in [2.24, 2.45) is 0 Å². The van der Waals surface area contributed by atoms with Gasteiger partial charge in [-0.25, -0.2) is 0 Å². The molecule has 0 aromatic heterocycles. The average Bonchev–Trinajstić information content (AvgIpc) is 3.33. The summed E-state index contributed by atoms with van der Waals surface area (Å²) in [6.45, 7) is 4.61. The Balaban J connectivity index is 2.14. The predicted octanol–water partition coefficient (Wildman–Crippen LogP) is 14.9. The van der Waals surface area contributed by atoms with E-state index in [9.17, 15) is 25.2 Å². The summed E-state index contributed by atoms with van der Waals surface area (Å²) >= 11 is 0. The number of rotatable bonds is 51. The number of aliphatic hydroxyl groups excluding tert-OH is 4. The zero-order valence-electron chi connectivity index (χ0n) is 43.9. The monoisotopic (exact) mass is 951 g/mol. The summed E-state index contributed by atoms with van der Waals surface area (Å²) in [6, 6.07) is 0. The smallest absolute Gasteiger partial charge is 0.306 e. The molecule has 0 radical (unpaired) electrons. The number of allylic oxidation sites excluding steroid dienone is 4. The van der Waals surface area contributed by atoms with E-state index in [1.165, 1.54) is 218 Å². The number of carbonyl (C=O) groups excluding carboxylic acids is 1. The van der Waals surface area contributed by atoms with Crippen LogP contribution in [0.25, 0.3) is 0 Å². The summed E-state index contributed by atoms with van der Waals surface area (Å²) in [5.41, 5.74) is 0. The summed E-state index contributed by atoms with van der Waals surface area (Å²) in [5.74, 6) is -0.309. The first-order valence-corrected chi connectivity index (χ1v) is 28.9. The van der Waals surface area contributed by atoms with Gasteiger partial charge in [0, 0.05) is 13.0 Å². The molecule has 1 saturated heterocycles. The maximum Gasteiger partial charge on any atom is 0.306 e. The van der Waals surface area contributed by atoms with E-state index in [0.29, 0.717) is 13.0 Å². The number of hydrogen-bond acceptors (Lipinski definition) is 9. The highest BCUT2D eigenvalue weighted by Gasteiger charge is 2.44.